The molecule has 2 aliphatic rings. The van der Waals surface area contributed by atoms with Crippen LogP contribution >= 0.6 is 21.2 Å². The highest BCUT2D eigenvalue weighted by Gasteiger charge is 2.24. The van der Waals surface area contributed by atoms with E-state index >= 15 is 0 Å². The number of hydrogen-bond donors (Lipinski definition) is 2. The lowest BCUT2D eigenvalue weighted by Gasteiger charge is -2.31. The Labute approximate surface area is 222 Å². The number of carbonyl (C=O) groups excluding carboxylic acids is 1. The molecule has 36 heavy (non-hydrogen) atoms. The lowest BCUT2D eigenvalue weighted by atomic mass is 9.88. The summed E-state index contributed by atoms with van der Waals surface area (Å²) in [5.74, 6) is 1.78. The van der Waals surface area contributed by atoms with Gasteiger partial charge in [0.1, 0.15) is 0 Å². The third-order valence-electron chi connectivity index (χ3n) is 7.46. The second-order valence-electron chi connectivity index (χ2n) is 9.69. The van der Waals surface area contributed by atoms with E-state index in [1.165, 1.54) is 86.6 Å². The molecule has 0 radical (unpaired) electrons. The van der Waals surface area contributed by atoms with Gasteiger partial charge in [-0.1, -0.05) is 36.2 Å². The number of carbonyl (C=O) groups is 1. The minimum absolute atomic E-state index is 0.545. The molecular weight excluding hydrogens is 483 g/mol. The van der Waals surface area contributed by atoms with Gasteiger partial charge in [-0.05, 0) is 105 Å². The van der Waals surface area contributed by atoms with Gasteiger partial charge in [-0.3, -0.25) is 9.10 Å². The number of aromatic nitrogens is 1. The van der Waals surface area contributed by atoms with Crippen LogP contribution in [-0.2, 0) is 6.16 Å². The van der Waals surface area contributed by atoms with Crippen LogP contribution < -0.4 is 5.73 Å². The van der Waals surface area contributed by atoms with Crippen molar-refractivity contribution in [2.75, 3.05) is 45.5 Å². The molecule has 0 saturated carbocycles. The van der Waals surface area contributed by atoms with Crippen molar-refractivity contribution in [1.82, 2.24) is 14.2 Å². The fraction of sp³-hybridized carbons (Fsp3) is 0.483. The second-order valence-corrected chi connectivity index (χ2v) is 11.3. The first-order chi connectivity index (χ1) is 17.7. The Kier molecular flexibility index (Phi) is 10.4. The van der Waals surface area contributed by atoms with Crippen LogP contribution in [0.4, 0.5) is 0 Å². The van der Waals surface area contributed by atoms with Crippen molar-refractivity contribution in [2.24, 2.45) is 5.73 Å². The van der Waals surface area contributed by atoms with Crippen LogP contribution in [0.15, 0.2) is 42.6 Å². The van der Waals surface area contributed by atoms with Crippen LogP contribution in [0.2, 0.25) is 0 Å². The number of nitrogens with zero attached hydrogens (tertiary/aromatic N) is 2. The molecule has 2 saturated heterocycles. The summed E-state index contributed by atoms with van der Waals surface area (Å²) in [4.78, 5) is 18.0. The topological polar surface area (TPSA) is 65.4 Å². The molecule has 3 N–H and O–H groups in total. The van der Waals surface area contributed by atoms with E-state index in [0.29, 0.717) is 5.92 Å². The van der Waals surface area contributed by atoms with Crippen molar-refractivity contribution in [3.05, 3.63) is 59.3 Å². The molecule has 2 aliphatic heterocycles. The molecule has 3 aromatic rings. The number of nitrogens with one attached hydrogen (secondary N) is 1. The maximum atomic E-state index is 11.9. The smallest absolute Gasteiger partial charge is 0.152 e. The molecule has 5 rings (SSSR count). The number of aldehydes is 1. The van der Waals surface area contributed by atoms with E-state index in [1.54, 1.807) is 0 Å². The van der Waals surface area contributed by atoms with Gasteiger partial charge in [0.2, 0.25) is 0 Å². The lowest BCUT2D eigenvalue weighted by Crippen LogP contribution is -2.28. The van der Waals surface area contributed by atoms with Gasteiger partial charge in [-0.25, -0.2) is 0 Å². The highest BCUT2D eigenvalue weighted by atomic mass is 32.2. The van der Waals surface area contributed by atoms with E-state index in [9.17, 15) is 4.79 Å². The summed E-state index contributed by atoms with van der Waals surface area (Å²) in [5.41, 5.74) is 11.2. The summed E-state index contributed by atoms with van der Waals surface area (Å²) >= 11 is 2.04. The van der Waals surface area contributed by atoms with Gasteiger partial charge in [-0.15, -0.1) is 9.24 Å². The minimum atomic E-state index is 0.545. The number of fused-ring (bicyclic) bond motifs is 1. The highest BCUT2D eigenvalue weighted by molar-refractivity contribution is 7.97. The summed E-state index contributed by atoms with van der Waals surface area (Å²) in [7, 11) is 4.29. The quantitative estimate of drug-likeness (QED) is 0.158. The van der Waals surface area contributed by atoms with Crippen molar-refractivity contribution in [2.45, 2.75) is 44.2 Å². The fourth-order valence-corrected chi connectivity index (χ4v) is 6.78. The molecule has 0 spiro atoms. The number of hydrogen-bond acceptors (Lipinski definition) is 5. The van der Waals surface area contributed by atoms with Crippen molar-refractivity contribution in [1.29, 1.82) is 0 Å². The van der Waals surface area contributed by atoms with Crippen LogP contribution in [0.5, 0.6) is 0 Å². The Morgan fingerprint density at radius 2 is 1.86 bits per heavy atom. The Bertz CT molecular complexity index is 1120. The standard InChI is InChI=1S/C28H36N3OPS.CH5N/c32-19-25-16-24(23-6-3-5-21(15-23)20-33)17-26-27(18-29-28(25)26)22-7-12-31(13-8-22)34-14-4-11-30-9-1-2-10-30;1-2/h3,5-6,15-19,22,29H,1-2,4,7-14,20,33H2;2H2,1H3. The third kappa shape index (κ3) is 6.59. The van der Waals surface area contributed by atoms with Crippen LogP contribution in [0.1, 0.15) is 59.5 Å². The number of likely N-dealkylation sites (tertiary alicyclic amines) is 1. The first kappa shape index (κ1) is 27.3. The van der Waals surface area contributed by atoms with Crippen molar-refractivity contribution in [3.8, 4) is 11.1 Å². The summed E-state index contributed by atoms with van der Waals surface area (Å²) in [5, 5.41) is 1.22. The van der Waals surface area contributed by atoms with Gasteiger partial charge in [0.05, 0.1) is 5.52 Å². The summed E-state index contributed by atoms with van der Waals surface area (Å²) in [6.45, 7) is 6.15. The van der Waals surface area contributed by atoms with Gasteiger partial charge >= 0.3 is 0 Å². The zero-order valence-electron chi connectivity index (χ0n) is 21.5. The molecule has 5 nitrogen and oxygen atoms in total. The van der Waals surface area contributed by atoms with Crippen LogP contribution in [-0.4, -0.2) is 66.0 Å². The zero-order chi connectivity index (χ0) is 25.3. The maximum Gasteiger partial charge on any atom is 0.152 e. The Balaban J connectivity index is 0.00000148. The predicted molar refractivity (Wildman–Crippen MR) is 159 cm³/mol. The third-order valence-corrected chi connectivity index (χ3v) is 9.13. The molecule has 2 aromatic carbocycles. The Morgan fingerprint density at radius 3 is 2.58 bits per heavy atom. The molecule has 0 aliphatic carbocycles. The van der Waals surface area contributed by atoms with Gasteiger partial charge in [0, 0.05) is 36.0 Å². The molecular formula is C29H41N4OPS. The molecule has 0 bridgehead atoms. The first-order valence-electron chi connectivity index (χ1n) is 13.3. The fourth-order valence-electron chi connectivity index (χ4n) is 5.54. The van der Waals surface area contributed by atoms with Gasteiger partial charge in [0.25, 0.3) is 0 Å². The minimum Gasteiger partial charge on any atom is -0.360 e. The number of nitrogens with two attached hydrogens (primary N) is 1. The molecule has 7 heteroatoms. The SMILES string of the molecule is CN.O=Cc1cc(-c2cccc(CP)c2)cc2c(C3CCN(SCCCN4CCCC4)CC3)c[nH]c12. The zero-order valence-corrected chi connectivity index (χ0v) is 23.5. The average Bonchev–Trinajstić information content (AvgIpc) is 3.62. The van der Waals surface area contributed by atoms with E-state index in [1.807, 2.05) is 18.0 Å². The van der Waals surface area contributed by atoms with E-state index in [-0.39, 0.29) is 0 Å². The van der Waals surface area contributed by atoms with E-state index in [4.69, 9.17) is 0 Å². The number of aromatic amines is 1. The molecule has 1 aromatic heterocycles. The van der Waals surface area contributed by atoms with Crippen molar-refractivity contribution >= 4 is 38.4 Å². The second kappa shape index (κ2) is 13.7. The van der Waals surface area contributed by atoms with Crippen LogP contribution in [0.25, 0.3) is 22.0 Å². The lowest BCUT2D eigenvalue weighted by molar-refractivity contribution is 0.112. The van der Waals surface area contributed by atoms with Crippen molar-refractivity contribution < 1.29 is 4.79 Å². The van der Waals surface area contributed by atoms with E-state index in [2.05, 4.69) is 65.7 Å². The molecule has 1 unspecified atom stereocenters. The summed E-state index contributed by atoms with van der Waals surface area (Å²) in [6, 6.07) is 12.9. The number of benzene rings is 2. The number of piperidine rings is 1. The molecule has 0 amide bonds. The largest absolute Gasteiger partial charge is 0.360 e. The van der Waals surface area contributed by atoms with Gasteiger partial charge < -0.3 is 15.6 Å². The Hall–Kier alpha value is -1.69. The van der Waals surface area contributed by atoms with Crippen LogP contribution in [0, 0.1) is 0 Å². The van der Waals surface area contributed by atoms with Gasteiger partial charge in [-0.2, -0.15) is 0 Å². The Morgan fingerprint density at radius 1 is 1.08 bits per heavy atom. The average molecular weight is 525 g/mol. The predicted octanol–water partition coefficient (Wildman–Crippen LogP) is 5.91. The summed E-state index contributed by atoms with van der Waals surface area (Å²) in [6.07, 6.45) is 10.5. The molecule has 1 atom stereocenters. The normalized spacial score (nSPS) is 17.3. The molecule has 3 heterocycles. The number of rotatable bonds is 9. The molecule has 2 fully saturated rings. The first-order valence-corrected chi connectivity index (χ1v) is 15.1. The summed E-state index contributed by atoms with van der Waals surface area (Å²) < 4.78 is 2.58. The monoisotopic (exact) mass is 524 g/mol. The van der Waals surface area contributed by atoms with E-state index < -0.39 is 0 Å². The maximum absolute atomic E-state index is 11.9. The number of H-pyrrole nitrogens is 1. The molecule has 194 valence electrons. The van der Waals surface area contributed by atoms with E-state index in [0.717, 1.165) is 42.2 Å². The highest BCUT2D eigenvalue weighted by Crippen LogP contribution is 2.37. The van der Waals surface area contributed by atoms with Crippen LogP contribution in [0.3, 0.4) is 0 Å². The van der Waals surface area contributed by atoms with Gasteiger partial charge in [0.15, 0.2) is 6.29 Å². The van der Waals surface area contributed by atoms with Crippen molar-refractivity contribution in [3.63, 3.8) is 0 Å².